The molecule has 1 aromatic carbocycles. The lowest BCUT2D eigenvalue weighted by molar-refractivity contribution is 0.415. The van der Waals surface area contributed by atoms with Crippen LogP contribution < -0.4 is 10.5 Å². The van der Waals surface area contributed by atoms with E-state index in [1.807, 2.05) is 24.3 Å². The number of rotatable bonds is 3. The molecule has 2 aromatic rings. The molecule has 86 valence electrons. The third-order valence-electron chi connectivity index (χ3n) is 2.10. The Labute approximate surface area is 99.8 Å². The van der Waals surface area contributed by atoms with Gasteiger partial charge in [-0.15, -0.1) is 12.4 Å². The topological polar surface area (TPSA) is 61.3 Å². The summed E-state index contributed by atoms with van der Waals surface area (Å²) in [5.41, 5.74) is 7.11. The Bertz CT molecular complexity index is 440. The van der Waals surface area contributed by atoms with Gasteiger partial charge in [0, 0.05) is 12.1 Å². The maximum atomic E-state index is 5.44. The molecule has 0 saturated heterocycles. The first-order chi connectivity index (χ1) is 7.33. The van der Waals surface area contributed by atoms with Crippen LogP contribution in [-0.2, 0) is 6.54 Å². The first kappa shape index (κ1) is 12.5. The summed E-state index contributed by atoms with van der Waals surface area (Å²) in [4.78, 5) is 4.22. The molecule has 0 aliphatic rings. The average Bonchev–Trinajstić information content (AvgIpc) is 2.78. The van der Waals surface area contributed by atoms with Gasteiger partial charge in [0.2, 0.25) is 5.89 Å². The van der Waals surface area contributed by atoms with Crippen molar-refractivity contribution in [3.8, 4) is 17.2 Å². The summed E-state index contributed by atoms with van der Waals surface area (Å²) in [7, 11) is 1.63. The van der Waals surface area contributed by atoms with Crippen LogP contribution in [0.1, 0.15) is 5.69 Å². The Morgan fingerprint density at radius 3 is 2.50 bits per heavy atom. The van der Waals surface area contributed by atoms with E-state index in [0.29, 0.717) is 12.4 Å². The molecule has 0 atom stereocenters. The van der Waals surface area contributed by atoms with Crippen molar-refractivity contribution in [2.75, 3.05) is 7.11 Å². The van der Waals surface area contributed by atoms with Crippen LogP contribution in [0.2, 0.25) is 0 Å². The van der Waals surface area contributed by atoms with Gasteiger partial charge in [0.25, 0.3) is 0 Å². The molecule has 4 nitrogen and oxygen atoms in total. The first-order valence-electron chi connectivity index (χ1n) is 4.62. The predicted octanol–water partition coefficient (Wildman–Crippen LogP) is 2.23. The Morgan fingerprint density at radius 2 is 2.00 bits per heavy atom. The number of oxazole rings is 1. The van der Waals surface area contributed by atoms with Gasteiger partial charge in [-0.1, -0.05) is 0 Å². The number of ether oxygens (including phenoxy) is 1. The van der Waals surface area contributed by atoms with Gasteiger partial charge in [-0.05, 0) is 24.3 Å². The highest BCUT2D eigenvalue weighted by Gasteiger charge is 2.05. The van der Waals surface area contributed by atoms with Crippen LogP contribution in [0.15, 0.2) is 34.9 Å². The van der Waals surface area contributed by atoms with Crippen molar-refractivity contribution in [1.82, 2.24) is 4.98 Å². The number of hydrogen-bond acceptors (Lipinski definition) is 4. The van der Waals surface area contributed by atoms with Crippen molar-refractivity contribution < 1.29 is 9.15 Å². The molecule has 0 fully saturated rings. The zero-order valence-electron chi connectivity index (χ0n) is 8.84. The van der Waals surface area contributed by atoms with Crippen molar-refractivity contribution in [3.05, 3.63) is 36.2 Å². The van der Waals surface area contributed by atoms with Gasteiger partial charge in [-0.25, -0.2) is 4.98 Å². The number of benzene rings is 1. The Kier molecular flexibility index (Phi) is 4.34. The molecule has 2 rings (SSSR count). The van der Waals surface area contributed by atoms with Crippen molar-refractivity contribution in [3.63, 3.8) is 0 Å². The van der Waals surface area contributed by atoms with E-state index in [2.05, 4.69) is 4.98 Å². The second kappa shape index (κ2) is 5.53. The number of nitrogens with zero attached hydrogens (tertiary/aromatic N) is 1. The molecule has 0 unspecified atom stereocenters. The highest BCUT2D eigenvalue weighted by molar-refractivity contribution is 5.85. The van der Waals surface area contributed by atoms with Crippen molar-refractivity contribution in [2.24, 2.45) is 5.73 Å². The van der Waals surface area contributed by atoms with Crippen LogP contribution >= 0.6 is 12.4 Å². The molecule has 0 amide bonds. The van der Waals surface area contributed by atoms with E-state index in [0.717, 1.165) is 17.0 Å². The van der Waals surface area contributed by atoms with Crippen LogP contribution in [0.5, 0.6) is 5.75 Å². The molecular weight excluding hydrogens is 228 g/mol. The smallest absolute Gasteiger partial charge is 0.226 e. The SMILES string of the molecule is COc1ccc(-c2nc(CN)co2)cc1.Cl. The number of halogens is 1. The van der Waals surface area contributed by atoms with E-state index in [9.17, 15) is 0 Å². The second-order valence-electron chi connectivity index (χ2n) is 3.08. The van der Waals surface area contributed by atoms with Gasteiger partial charge in [-0.2, -0.15) is 0 Å². The molecule has 0 aliphatic carbocycles. The standard InChI is InChI=1S/C11H12N2O2.ClH/c1-14-10-4-2-8(3-5-10)11-13-9(6-12)7-15-11;/h2-5,7H,6,12H2,1H3;1H. The summed E-state index contributed by atoms with van der Waals surface area (Å²) in [5, 5.41) is 0. The van der Waals surface area contributed by atoms with Gasteiger partial charge in [0.1, 0.15) is 12.0 Å². The molecule has 0 bridgehead atoms. The minimum Gasteiger partial charge on any atom is -0.497 e. The van der Waals surface area contributed by atoms with Crippen molar-refractivity contribution >= 4 is 12.4 Å². The molecule has 0 spiro atoms. The van der Waals surface area contributed by atoms with Gasteiger partial charge in [0.15, 0.2) is 0 Å². The molecule has 0 aliphatic heterocycles. The summed E-state index contributed by atoms with van der Waals surface area (Å²) < 4.78 is 10.3. The number of aromatic nitrogens is 1. The fourth-order valence-electron chi connectivity index (χ4n) is 1.27. The molecule has 16 heavy (non-hydrogen) atoms. The lowest BCUT2D eigenvalue weighted by atomic mass is 10.2. The molecular formula is C11H13ClN2O2. The lowest BCUT2D eigenvalue weighted by Gasteiger charge is -1.99. The number of hydrogen-bond donors (Lipinski definition) is 1. The summed E-state index contributed by atoms with van der Waals surface area (Å²) in [5.74, 6) is 1.39. The number of methoxy groups -OCH3 is 1. The van der Waals surface area contributed by atoms with E-state index in [1.54, 1.807) is 13.4 Å². The summed E-state index contributed by atoms with van der Waals surface area (Å²) in [6.45, 7) is 0.389. The third kappa shape index (κ3) is 2.53. The summed E-state index contributed by atoms with van der Waals surface area (Å²) >= 11 is 0. The molecule has 5 heteroatoms. The largest absolute Gasteiger partial charge is 0.497 e. The minimum atomic E-state index is 0. The van der Waals surface area contributed by atoms with Gasteiger partial charge >= 0.3 is 0 Å². The minimum absolute atomic E-state index is 0. The number of nitrogens with two attached hydrogens (primary N) is 1. The molecule has 0 saturated carbocycles. The van der Waals surface area contributed by atoms with E-state index < -0.39 is 0 Å². The normalized spacial score (nSPS) is 9.62. The summed E-state index contributed by atoms with van der Waals surface area (Å²) in [6, 6.07) is 7.51. The van der Waals surface area contributed by atoms with Crippen LogP contribution in [0.3, 0.4) is 0 Å². The summed E-state index contributed by atoms with van der Waals surface area (Å²) in [6.07, 6.45) is 1.57. The van der Waals surface area contributed by atoms with Crippen LogP contribution in [-0.4, -0.2) is 12.1 Å². The maximum absolute atomic E-state index is 5.44. The van der Waals surface area contributed by atoms with Gasteiger partial charge in [0.05, 0.1) is 12.8 Å². The zero-order chi connectivity index (χ0) is 10.7. The maximum Gasteiger partial charge on any atom is 0.226 e. The molecule has 2 N–H and O–H groups in total. The van der Waals surface area contributed by atoms with E-state index in [-0.39, 0.29) is 12.4 Å². The predicted molar refractivity (Wildman–Crippen MR) is 63.6 cm³/mol. The van der Waals surface area contributed by atoms with Crippen LogP contribution in [0.4, 0.5) is 0 Å². The van der Waals surface area contributed by atoms with E-state index in [1.165, 1.54) is 0 Å². The monoisotopic (exact) mass is 240 g/mol. The first-order valence-corrected chi connectivity index (χ1v) is 4.62. The second-order valence-corrected chi connectivity index (χ2v) is 3.08. The lowest BCUT2D eigenvalue weighted by Crippen LogP contribution is -1.95. The van der Waals surface area contributed by atoms with Crippen LogP contribution in [0.25, 0.3) is 11.5 Å². The molecule has 0 radical (unpaired) electrons. The highest BCUT2D eigenvalue weighted by atomic mass is 35.5. The van der Waals surface area contributed by atoms with Crippen molar-refractivity contribution in [1.29, 1.82) is 0 Å². The van der Waals surface area contributed by atoms with E-state index >= 15 is 0 Å². The Morgan fingerprint density at radius 1 is 1.31 bits per heavy atom. The van der Waals surface area contributed by atoms with E-state index in [4.69, 9.17) is 14.9 Å². The van der Waals surface area contributed by atoms with Gasteiger partial charge in [-0.3, -0.25) is 0 Å². The fraction of sp³-hybridized carbons (Fsp3) is 0.182. The Hall–Kier alpha value is -1.52. The fourth-order valence-corrected chi connectivity index (χ4v) is 1.27. The molecule has 1 aromatic heterocycles. The van der Waals surface area contributed by atoms with Gasteiger partial charge < -0.3 is 14.9 Å². The molecule has 1 heterocycles. The van der Waals surface area contributed by atoms with Crippen molar-refractivity contribution in [2.45, 2.75) is 6.54 Å². The van der Waals surface area contributed by atoms with Crippen LogP contribution in [0, 0.1) is 0 Å². The quantitative estimate of drug-likeness (QED) is 0.894. The highest BCUT2D eigenvalue weighted by Crippen LogP contribution is 2.21. The zero-order valence-corrected chi connectivity index (χ0v) is 9.66. The Balaban J connectivity index is 0.00000128. The average molecular weight is 241 g/mol. The third-order valence-corrected chi connectivity index (χ3v) is 2.10.